The summed E-state index contributed by atoms with van der Waals surface area (Å²) in [5.74, 6) is 0. The molecule has 0 spiro atoms. The highest BCUT2D eigenvalue weighted by Gasteiger charge is 2.41. The van der Waals surface area contributed by atoms with E-state index >= 15 is 0 Å². The summed E-state index contributed by atoms with van der Waals surface area (Å²) in [6.45, 7) is 28.3. The Kier molecular flexibility index (Phi) is 6.99. The molecule has 40 heavy (non-hydrogen) atoms. The summed E-state index contributed by atoms with van der Waals surface area (Å²) in [6, 6.07) is 29.1. The van der Waals surface area contributed by atoms with Crippen molar-refractivity contribution in [3.8, 4) is 0 Å². The van der Waals surface area contributed by atoms with Crippen molar-refractivity contribution in [2.45, 2.75) is 105 Å². The van der Waals surface area contributed by atoms with E-state index in [2.05, 4.69) is 156 Å². The average Bonchev–Trinajstić information content (AvgIpc) is 3.17. The van der Waals surface area contributed by atoms with Crippen molar-refractivity contribution in [3.63, 3.8) is 0 Å². The molecule has 0 radical (unpaired) electrons. The van der Waals surface area contributed by atoms with Crippen LogP contribution in [0.15, 0.2) is 72.8 Å². The Morgan fingerprint density at radius 1 is 0.500 bits per heavy atom. The lowest BCUT2D eigenvalue weighted by Crippen LogP contribution is -2.42. The van der Waals surface area contributed by atoms with E-state index in [9.17, 15) is 0 Å². The van der Waals surface area contributed by atoms with Gasteiger partial charge in [-0.25, -0.2) is 0 Å². The number of hydrogen-bond donors (Lipinski definition) is 0. The van der Waals surface area contributed by atoms with Gasteiger partial charge in [0.2, 0.25) is 6.43 Å². The minimum absolute atomic E-state index is 0.0851. The van der Waals surface area contributed by atoms with Gasteiger partial charge >= 0.3 is 0 Å². The molecule has 0 saturated carbocycles. The van der Waals surface area contributed by atoms with E-state index in [0.29, 0.717) is 6.43 Å². The zero-order valence-electron chi connectivity index (χ0n) is 27.0. The van der Waals surface area contributed by atoms with Crippen LogP contribution in [-0.4, -0.2) is 6.43 Å². The molecule has 2 heteroatoms. The Balaban J connectivity index is 1.85. The van der Waals surface area contributed by atoms with E-state index in [1.165, 1.54) is 54.6 Å². The highest BCUT2D eigenvalue weighted by molar-refractivity contribution is 8.05. The van der Waals surface area contributed by atoms with Crippen molar-refractivity contribution >= 4 is 46.5 Å². The molecule has 0 aromatic heterocycles. The van der Waals surface area contributed by atoms with Crippen molar-refractivity contribution in [2.24, 2.45) is 0 Å². The van der Waals surface area contributed by atoms with Crippen LogP contribution in [0.5, 0.6) is 0 Å². The molecule has 1 unspecified atom stereocenters. The largest absolute Gasteiger partial charge is 0.247 e. The van der Waals surface area contributed by atoms with Crippen LogP contribution in [0.1, 0.15) is 105 Å². The summed E-state index contributed by atoms with van der Waals surface area (Å²) in [5, 5.41) is 5.91. The second-order valence-electron chi connectivity index (χ2n) is 16.1. The van der Waals surface area contributed by atoms with Crippen LogP contribution in [0.25, 0.3) is 10.8 Å². The quantitative estimate of drug-likeness (QED) is 0.175. The van der Waals surface area contributed by atoms with Crippen LogP contribution in [0.4, 0.5) is 0 Å². The van der Waals surface area contributed by atoms with E-state index in [4.69, 9.17) is 0 Å². The molecule has 0 fully saturated rings. The van der Waals surface area contributed by atoms with Gasteiger partial charge in [0, 0.05) is 0 Å². The summed E-state index contributed by atoms with van der Waals surface area (Å²) in [5.41, 5.74) is 9.09. The van der Waals surface area contributed by atoms with E-state index < -0.39 is 7.80 Å². The monoisotopic (exact) mass is 546 g/mol. The summed E-state index contributed by atoms with van der Waals surface area (Å²) >= 11 is 0. The molecule has 1 atom stereocenters. The zero-order valence-corrected chi connectivity index (χ0v) is 27.8. The minimum Gasteiger partial charge on any atom is -0.0673 e. The van der Waals surface area contributed by atoms with Crippen molar-refractivity contribution in [2.75, 3.05) is 0 Å². The Morgan fingerprint density at radius 3 is 1.38 bits per heavy atom. The van der Waals surface area contributed by atoms with Crippen molar-refractivity contribution in [3.05, 3.63) is 95.1 Å². The molecule has 0 bridgehead atoms. The molecule has 1 aliphatic heterocycles. The van der Waals surface area contributed by atoms with Gasteiger partial charge in [0.15, 0.2) is 0 Å². The summed E-state index contributed by atoms with van der Waals surface area (Å²) in [6.07, 6.45) is 0.336. The Bertz CT molecular complexity index is 1400. The topological polar surface area (TPSA) is 0 Å². The normalized spacial score (nSPS) is 16.2. The Hall–Kier alpha value is -2.37. The van der Waals surface area contributed by atoms with Gasteiger partial charge in [-0.2, -0.15) is 0 Å². The molecular weight excluding hydrogens is 498 g/mol. The van der Waals surface area contributed by atoms with E-state index in [1.54, 1.807) is 0 Å². The summed E-state index contributed by atoms with van der Waals surface area (Å²) in [4.78, 5) is 0. The first-order chi connectivity index (χ1) is 18.4. The second-order valence-corrected chi connectivity index (χ2v) is 18.4. The molecule has 0 aliphatic carbocycles. The van der Waals surface area contributed by atoms with Gasteiger partial charge in [-0.3, -0.25) is 0 Å². The second kappa shape index (κ2) is 9.59. The predicted molar refractivity (Wildman–Crippen MR) is 183 cm³/mol. The first-order valence-electron chi connectivity index (χ1n) is 15.0. The van der Waals surface area contributed by atoms with Gasteiger partial charge in [0.1, 0.15) is 0 Å². The van der Waals surface area contributed by atoms with Crippen molar-refractivity contribution in [1.29, 1.82) is 0 Å². The highest BCUT2D eigenvalue weighted by Crippen LogP contribution is 2.46. The van der Waals surface area contributed by atoms with Gasteiger partial charge < -0.3 is 0 Å². The maximum Gasteiger partial charge on any atom is 0.247 e. The highest BCUT2D eigenvalue weighted by atomic mass is 31.1. The molecule has 4 aromatic rings. The van der Waals surface area contributed by atoms with Crippen LogP contribution in [0, 0.1) is 0 Å². The van der Waals surface area contributed by atoms with Gasteiger partial charge in [-0.15, -0.1) is 0 Å². The average molecular weight is 547 g/mol. The fraction of sp³-hybridized carbons (Fsp3) is 0.421. The van der Waals surface area contributed by atoms with E-state index in [0.717, 1.165) is 0 Å². The van der Waals surface area contributed by atoms with Gasteiger partial charge in [-0.05, 0) is 65.3 Å². The van der Waals surface area contributed by atoms with Gasteiger partial charge in [0.05, 0.1) is 0 Å². The van der Waals surface area contributed by atoms with Crippen molar-refractivity contribution < 1.29 is 0 Å². The van der Waals surface area contributed by atoms with Gasteiger partial charge in [-0.1, -0.05) is 175 Å². The standard InChI is InChI=1S/C38H48BP/c1-35(2,3)26-19-27(36(4,5)6)22-30(21-26)39-32-17-13-15-25-16-14-18-33(34(25)32)40(39)31-23-28(37(7,8)9)20-29(24-31)38(10,11)12/h13-24H,1-12H3. The third-order valence-corrected chi connectivity index (χ3v) is 11.5. The Labute approximate surface area is 245 Å². The van der Waals surface area contributed by atoms with Crippen LogP contribution >= 0.6 is 7.80 Å². The fourth-order valence-electron chi connectivity index (χ4n) is 5.97. The first-order valence-corrected chi connectivity index (χ1v) is 16.4. The number of rotatable bonds is 2. The molecule has 5 rings (SSSR count). The molecule has 1 heterocycles. The minimum atomic E-state index is -0.649. The number of hydrogen-bond acceptors (Lipinski definition) is 0. The predicted octanol–water partition coefficient (Wildman–Crippen LogP) is 8.58. The number of benzene rings is 4. The molecular formula is C38H48BP. The first kappa shape index (κ1) is 29.1. The molecule has 0 saturated heterocycles. The maximum absolute atomic E-state index is 2.55. The van der Waals surface area contributed by atoms with Crippen molar-refractivity contribution in [1.82, 2.24) is 0 Å². The lowest BCUT2D eigenvalue weighted by molar-refractivity contribution is 0.569. The third kappa shape index (κ3) is 5.32. The zero-order chi connectivity index (χ0) is 29.4. The van der Waals surface area contributed by atoms with Crippen LogP contribution in [0.2, 0.25) is 0 Å². The molecule has 0 nitrogen and oxygen atoms in total. The molecule has 208 valence electrons. The molecule has 1 aliphatic rings. The van der Waals surface area contributed by atoms with Gasteiger partial charge in [0.25, 0.3) is 0 Å². The molecule has 0 amide bonds. The lowest BCUT2D eigenvalue weighted by atomic mass is 9.59. The van der Waals surface area contributed by atoms with Crippen LogP contribution in [0.3, 0.4) is 0 Å². The molecule has 0 N–H and O–H groups in total. The Morgan fingerprint density at radius 2 is 0.925 bits per heavy atom. The fourth-order valence-corrected chi connectivity index (χ4v) is 9.06. The van der Waals surface area contributed by atoms with Crippen LogP contribution in [-0.2, 0) is 21.7 Å². The maximum atomic E-state index is 2.55. The summed E-state index contributed by atoms with van der Waals surface area (Å²) in [7, 11) is -0.649. The smallest absolute Gasteiger partial charge is 0.0673 e. The SMILES string of the molecule is CC(C)(C)c1cc(B2c3cccc4cccc(c34)P2c2cc(C(C)(C)C)cc(C(C)(C)C)c2)cc(C(C)(C)C)c1. The van der Waals surface area contributed by atoms with E-state index in [1.807, 2.05) is 0 Å². The van der Waals surface area contributed by atoms with Crippen LogP contribution < -0.4 is 21.5 Å². The third-order valence-electron chi connectivity index (χ3n) is 8.66. The molecule has 4 aromatic carbocycles. The van der Waals surface area contributed by atoms with E-state index in [-0.39, 0.29) is 21.7 Å². The summed E-state index contributed by atoms with van der Waals surface area (Å²) < 4.78 is 0. The lowest BCUT2D eigenvalue weighted by Gasteiger charge is -2.31.